The van der Waals surface area contributed by atoms with Gasteiger partial charge in [0.15, 0.2) is 0 Å². The van der Waals surface area contributed by atoms with Crippen molar-refractivity contribution in [2.45, 2.75) is 27.2 Å². The molecule has 1 nitrogen and oxygen atoms in total. The summed E-state index contributed by atoms with van der Waals surface area (Å²) in [5.41, 5.74) is 1.41. The highest BCUT2D eigenvalue weighted by Gasteiger charge is 1.91. The highest BCUT2D eigenvalue weighted by molar-refractivity contribution is 5.45. The fourth-order valence-corrected chi connectivity index (χ4v) is 1.28. The molecule has 0 saturated carbocycles. The average molecular weight is 175 g/mol. The van der Waals surface area contributed by atoms with Gasteiger partial charge in [-0.05, 0) is 24.6 Å². The summed E-state index contributed by atoms with van der Waals surface area (Å²) in [5.74, 6) is 0. The molecule has 0 bridgehead atoms. The number of aromatic nitrogens is 1. The van der Waals surface area contributed by atoms with Gasteiger partial charge in [0.25, 0.3) is 0 Å². The van der Waals surface area contributed by atoms with Crippen LogP contribution in [0.4, 0.5) is 0 Å². The van der Waals surface area contributed by atoms with Crippen molar-refractivity contribution in [2.24, 2.45) is 0 Å². The van der Waals surface area contributed by atoms with Crippen LogP contribution in [0.3, 0.4) is 0 Å². The average Bonchev–Trinajstić information content (AvgIpc) is 2.56. The molecule has 0 amide bonds. The molecule has 0 saturated heterocycles. The topological polar surface area (TPSA) is 15.8 Å². The van der Waals surface area contributed by atoms with Crippen LogP contribution in [0.15, 0.2) is 23.9 Å². The largest absolute Gasteiger partial charge is 0.361 e. The van der Waals surface area contributed by atoms with Crippen molar-refractivity contribution < 1.29 is 0 Å². The predicted octanol–water partition coefficient (Wildman–Crippen LogP) is 1.95. The molecule has 2 rings (SSSR count). The summed E-state index contributed by atoms with van der Waals surface area (Å²) in [5, 5.41) is 2.54. The number of allylic oxidation sites excluding steroid dienone is 2. The quantitative estimate of drug-likeness (QED) is 0.620. The molecular weight excluding hydrogens is 158 g/mol. The third-order valence-corrected chi connectivity index (χ3v) is 1.99. The Morgan fingerprint density at radius 2 is 2.00 bits per heavy atom. The highest BCUT2D eigenvalue weighted by Crippen LogP contribution is 2.01. The number of nitrogens with one attached hydrogen (secondary N) is 1. The van der Waals surface area contributed by atoms with Gasteiger partial charge < -0.3 is 4.98 Å². The third-order valence-electron chi connectivity index (χ3n) is 1.99. The van der Waals surface area contributed by atoms with E-state index < -0.39 is 0 Å². The number of hydrogen-bond donors (Lipinski definition) is 1. The summed E-state index contributed by atoms with van der Waals surface area (Å²) < 4.78 is 0. The minimum absolute atomic E-state index is 1.06. The van der Waals surface area contributed by atoms with Gasteiger partial charge in [-0.15, -0.1) is 0 Å². The van der Waals surface area contributed by atoms with Crippen molar-refractivity contribution in [3.8, 4) is 0 Å². The molecule has 1 aliphatic rings. The molecule has 13 heavy (non-hydrogen) atoms. The van der Waals surface area contributed by atoms with Gasteiger partial charge >= 0.3 is 0 Å². The number of H-pyrrole nitrogens is 1. The second-order valence-electron chi connectivity index (χ2n) is 2.93. The fraction of sp³-hybridized carbons (Fsp3) is 0.333. The van der Waals surface area contributed by atoms with Crippen LogP contribution >= 0.6 is 0 Å². The van der Waals surface area contributed by atoms with Gasteiger partial charge in [-0.1, -0.05) is 37.6 Å². The molecule has 0 fully saturated rings. The van der Waals surface area contributed by atoms with E-state index in [1.807, 2.05) is 20.0 Å². The zero-order valence-corrected chi connectivity index (χ0v) is 8.59. The van der Waals surface area contributed by atoms with Gasteiger partial charge in [0, 0.05) is 11.5 Å². The maximum Gasteiger partial charge on any atom is 0.0416 e. The molecule has 0 unspecified atom stereocenters. The van der Waals surface area contributed by atoms with E-state index in [9.17, 15) is 0 Å². The zero-order chi connectivity index (χ0) is 9.68. The summed E-state index contributed by atoms with van der Waals surface area (Å²) in [6.07, 6.45) is 9.60. The third kappa shape index (κ3) is 2.35. The maximum atomic E-state index is 3.20. The van der Waals surface area contributed by atoms with E-state index in [1.165, 1.54) is 16.1 Å². The Labute approximate surface area is 79.5 Å². The Balaban J connectivity index is 0.000000396. The Morgan fingerprint density at radius 1 is 1.23 bits per heavy atom. The van der Waals surface area contributed by atoms with Crippen molar-refractivity contribution in [3.05, 3.63) is 34.5 Å². The van der Waals surface area contributed by atoms with E-state index in [-0.39, 0.29) is 0 Å². The molecule has 1 aliphatic carbocycles. The lowest BCUT2D eigenvalue weighted by atomic mass is 10.2. The number of rotatable bonds is 0. The second-order valence-corrected chi connectivity index (χ2v) is 2.93. The molecule has 1 aromatic heterocycles. The monoisotopic (exact) mass is 175 g/mol. The molecule has 0 spiro atoms. The first-order valence-electron chi connectivity index (χ1n) is 4.87. The van der Waals surface area contributed by atoms with Crippen molar-refractivity contribution in [1.82, 2.24) is 4.98 Å². The zero-order valence-electron chi connectivity index (χ0n) is 8.59. The molecule has 70 valence electrons. The lowest BCUT2D eigenvalue weighted by Gasteiger charge is -1.87. The van der Waals surface area contributed by atoms with Crippen LogP contribution in [0, 0.1) is 0 Å². The minimum Gasteiger partial charge on any atom is -0.361 e. The molecule has 0 aliphatic heterocycles. The first-order chi connectivity index (χ1) is 6.36. The molecule has 1 heterocycles. The van der Waals surface area contributed by atoms with E-state index >= 15 is 0 Å². The van der Waals surface area contributed by atoms with Crippen LogP contribution in [0.25, 0.3) is 12.2 Å². The number of fused-ring (bicyclic) bond motifs is 1. The van der Waals surface area contributed by atoms with Crippen molar-refractivity contribution in [1.29, 1.82) is 0 Å². The summed E-state index contributed by atoms with van der Waals surface area (Å²) in [7, 11) is 0. The van der Waals surface area contributed by atoms with E-state index in [0.717, 1.165) is 6.42 Å². The van der Waals surface area contributed by atoms with Crippen LogP contribution in [0.2, 0.25) is 0 Å². The summed E-state index contributed by atoms with van der Waals surface area (Å²) in [6, 6.07) is 2.10. The molecule has 1 N–H and O–H groups in total. The van der Waals surface area contributed by atoms with Gasteiger partial charge in [0.2, 0.25) is 0 Å². The Kier molecular flexibility index (Phi) is 3.56. The summed E-state index contributed by atoms with van der Waals surface area (Å²) in [4.78, 5) is 3.20. The summed E-state index contributed by atoms with van der Waals surface area (Å²) in [6.45, 7) is 6.15. The molecular formula is C12H17N. The van der Waals surface area contributed by atoms with E-state index in [4.69, 9.17) is 0 Å². The standard InChI is InChI=1S/C10H11N.C2H6/c1-8-2-4-9-6-7-11-10(9)5-3-8;1-2/h2,4-7,11H,3H2,1H3;1-2H3. The number of aromatic amines is 1. The van der Waals surface area contributed by atoms with Crippen molar-refractivity contribution in [3.63, 3.8) is 0 Å². The van der Waals surface area contributed by atoms with E-state index in [2.05, 4.69) is 36.2 Å². The van der Waals surface area contributed by atoms with Crippen molar-refractivity contribution >= 4 is 12.2 Å². The summed E-state index contributed by atoms with van der Waals surface area (Å²) >= 11 is 0. The van der Waals surface area contributed by atoms with Crippen LogP contribution in [-0.4, -0.2) is 4.98 Å². The fourth-order valence-electron chi connectivity index (χ4n) is 1.28. The lowest BCUT2D eigenvalue weighted by Crippen LogP contribution is -2.20. The van der Waals surface area contributed by atoms with Crippen LogP contribution in [0.5, 0.6) is 0 Å². The van der Waals surface area contributed by atoms with Gasteiger partial charge in [-0.2, -0.15) is 0 Å². The van der Waals surface area contributed by atoms with Gasteiger partial charge in [0.05, 0.1) is 0 Å². The van der Waals surface area contributed by atoms with E-state index in [0.29, 0.717) is 0 Å². The Morgan fingerprint density at radius 3 is 2.77 bits per heavy atom. The number of hydrogen-bond acceptors (Lipinski definition) is 0. The normalized spacial score (nSPS) is 13.6. The first kappa shape index (κ1) is 9.85. The minimum atomic E-state index is 1.06. The Bertz CT molecular complexity index is 393. The van der Waals surface area contributed by atoms with Crippen LogP contribution in [0.1, 0.15) is 27.2 Å². The molecule has 0 aromatic carbocycles. The van der Waals surface area contributed by atoms with Gasteiger partial charge in [-0.25, -0.2) is 0 Å². The van der Waals surface area contributed by atoms with Crippen LogP contribution < -0.4 is 10.6 Å². The molecule has 1 heteroatoms. The highest BCUT2D eigenvalue weighted by atomic mass is 14.6. The maximum absolute atomic E-state index is 3.20. The van der Waals surface area contributed by atoms with Crippen LogP contribution in [-0.2, 0) is 0 Å². The van der Waals surface area contributed by atoms with Gasteiger partial charge in [-0.3, -0.25) is 0 Å². The molecule has 1 aromatic rings. The molecule has 0 atom stereocenters. The van der Waals surface area contributed by atoms with Crippen molar-refractivity contribution in [2.75, 3.05) is 0 Å². The SMILES string of the molecule is CC.CC1=CC=c2cc[nH]c2=CC1. The second kappa shape index (κ2) is 4.70. The smallest absolute Gasteiger partial charge is 0.0416 e. The molecule has 0 radical (unpaired) electrons. The van der Waals surface area contributed by atoms with E-state index in [1.54, 1.807) is 0 Å². The predicted molar refractivity (Wildman–Crippen MR) is 58.7 cm³/mol. The Hall–Kier alpha value is -1.24. The lowest BCUT2D eigenvalue weighted by molar-refractivity contribution is 1.24. The first-order valence-corrected chi connectivity index (χ1v) is 4.87. The van der Waals surface area contributed by atoms with Gasteiger partial charge in [0.1, 0.15) is 0 Å².